The molecule has 0 aromatic heterocycles. The van der Waals surface area contributed by atoms with Crippen LogP contribution in [0.5, 0.6) is 0 Å². The average molecular weight is 229 g/mol. The van der Waals surface area contributed by atoms with Gasteiger partial charge >= 0.3 is 5.97 Å². The fourth-order valence-corrected chi connectivity index (χ4v) is 0.877. The smallest absolute Gasteiger partial charge is 0.322 e. The van der Waals surface area contributed by atoms with Crippen molar-refractivity contribution < 1.29 is 24.3 Å². The number of carboxylic acid groups (broad SMARTS) is 1. The van der Waals surface area contributed by atoms with Crippen LogP contribution in [0, 0.1) is 0 Å². The van der Waals surface area contributed by atoms with E-state index in [-0.39, 0.29) is 12.8 Å². The first kappa shape index (κ1) is 13.8. The topological polar surface area (TPSA) is 139 Å². The number of primary amides is 1. The minimum Gasteiger partial charge on any atom is -0.480 e. The van der Waals surface area contributed by atoms with Gasteiger partial charge in [-0.1, -0.05) is 0 Å². The maximum atomic E-state index is 11.3. The van der Waals surface area contributed by atoms with Gasteiger partial charge in [0.25, 0.3) is 0 Å². The minimum absolute atomic E-state index is 0.0595. The van der Waals surface area contributed by atoms with Gasteiger partial charge in [0.2, 0.25) is 17.9 Å². The quantitative estimate of drug-likeness (QED) is 0.347. The highest BCUT2D eigenvalue weighted by Gasteiger charge is 2.18. The minimum atomic E-state index is -1.22. The summed E-state index contributed by atoms with van der Waals surface area (Å²) in [4.78, 5) is 45.0. The first-order valence-corrected chi connectivity index (χ1v) is 4.32. The van der Waals surface area contributed by atoms with Crippen LogP contribution in [0.4, 0.5) is 0 Å². The van der Waals surface area contributed by atoms with Crippen LogP contribution in [0.2, 0.25) is 0 Å². The van der Waals surface area contributed by atoms with Crippen molar-refractivity contribution in [1.29, 1.82) is 0 Å². The second-order valence-electron chi connectivity index (χ2n) is 2.85. The van der Waals surface area contributed by atoms with Gasteiger partial charge in [-0.3, -0.25) is 14.4 Å². The summed E-state index contributed by atoms with van der Waals surface area (Å²) in [6, 6.07) is -1.13. The van der Waals surface area contributed by atoms with E-state index in [4.69, 9.17) is 10.8 Å². The zero-order valence-electron chi connectivity index (χ0n) is 8.30. The highest BCUT2D eigenvalue weighted by molar-refractivity contribution is 5.86. The molecule has 8 heteroatoms. The third-order valence-electron chi connectivity index (χ3n) is 1.59. The number of carbonyl (C=O) groups is 3. The lowest BCUT2D eigenvalue weighted by atomic mass is 10.1. The van der Waals surface area contributed by atoms with Crippen molar-refractivity contribution in [3.8, 4) is 0 Å². The Bertz CT molecular complexity index is 335. The van der Waals surface area contributed by atoms with Crippen LogP contribution in [-0.4, -0.2) is 41.6 Å². The van der Waals surface area contributed by atoms with Crippen LogP contribution in [0.3, 0.4) is 0 Å². The molecule has 0 rings (SSSR count). The van der Waals surface area contributed by atoms with E-state index in [2.05, 4.69) is 4.99 Å². The predicted octanol–water partition coefficient (Wildman–Crippen LogP) is -1.84. The summed E-state index contributed by atoms with van der Waals surface area (Å²) < 4.78 is 0. The number of nitrogens with zero attached hydrogens (tertiary/aromatic N) is 1. The van der Waals surface area contributed by atoms with Crippen LogP contribution in [0.15, 0.2) is 4.99 Å². The molecule has 88 valence electrons. The molecule has 8 nitrogen and oxygen atoms in total. The molecule has 0 aliphatic carbocycles. The van der Waals surface area contributed by atoms with E-state index in [1.54, 1.807) is 0 Å². The van der Waals surface area contributed by atoms with Gasteiger partial charge in [0.15, 0.2) is 0 Å². The van der Waals surface area contributed by atoms with Crippen molar-refractivity contribution in [2.75, 3.05) is 6.54 Å². The Balaban J connectivity index is 4.28. The number of aliphatic carboxylic acids is 1. The van der Waals surface area contributed by atoms with Crippen LogP contribution < -0.4 is 11.1 Å². The third kappa shape index (κ3) is 6.28. The molecule has 0 fully saturated rings. The number of nitrogens with one attached hydrogen (secondary N) is 1. The number of rotatable bonds is 7. The molecule has 0 saturated heterocycles. The average Bonchev–Trinajstić information content (AvgIpc) is 2.20. The standard InChI is InChI=1S/C8H11N3O5/c9-6(13)2-1-5(11-4-12)8(16)10-3-7(14)15/h5H,1-3H2,(H2,9,13)(H,10,16)(H,14,15)/t5-/m0/s1. The summed E-state index contributed by atoms with van der Waals surface area (Å²) in [7, 11) is 0. The van der Waals surface area contributed by atoms with Gasteiger partial charge in [-0.2, -0.15) is 4.99 Å². The van der Waals surface area contributed by atoms with Crippen molar-refractivity contribution in [2.45, 2.75) is 18.9 Å². The molecule has 0 spiro atoms. The molecule has 0 bridgehead atoms. The van der Waals surface area contributed by atoms with Crippen molar-refractivity contribution in [3.63, 3.8) is 0 Å². The monoisotopic (exact) mass is 229 g/mol. The first-order valence-electron chi connectivity index (χ1n) is 4.32. The number of carbonyl (C=O) groups excluding carboxylic acids is 3. The molecule has 0 aliphatic heterocycles. The number of aliphatic imine (C=N–C) groups is 1. The normalized spacial score (nSPS) is 11.0. The van der Waals surface area contributed by atoms with Crippen molar-refractivity contribution >= 4 is 23.9 Å². The zero-order chi connectivity index (χ0) is 12.6. The molecule has 0 radical (unpaired) electrons. The molecule has 0 saturated carbocycles. The van der Waals surface area contributed by atoms with E-state index in [0.717, 1.165) is 0 Å². The maximum absolute atomic E-state index is 11.3. The lowest BCUT2D eigenvalue weighted by molar-refractivity contribution is -0.138. The van der Waals surface area contributed by atoms with Crippen LogP contribution in [0.1, 0.15) is 12.8 Å². The van der Waals surface area contributed by atoms with Crippen LogP contribution in [-0.2, 0) is 19.2 Å². The highest BCUT2D eigenvalue weighted by atomic mass is 16.4. The number of nitrogens with two attached hydrogens (primary N) is 1. The van der Waals surface area contributed by atoms with E-state index in [1.165, 1.54) is 6.08 Å². The molecule has 4 N–H and O–H groups in total. The second kappa shape index (κ2) is 7.13. The summed E-state index contributed by atoms with van der Waals surface area (Å²) in [5.74, 6) is -2.62. The molecule has 0 heterocycles. The molecular weight excluding hydrogens is 218 g/mol. The Morgan fingerprint density at radius 2 is 2.06 bits per heavy atom. The molecule has 1 atom stereocenters. The summed E-state index contributed by atoms with van der Waals surface area (Å²) in [5.41, 5.74) is 4.85. The van der Waals surface area contributed by atoms with Gasteiger partial charge in [-0.25, -0.2) is 4.79 Å². The summed E-state index contributed by atoms with van der Waals surface area (Å²) >= 11 is 0. The number of hydrogen-bond acceptors (Lipinski definition) is 5. The Kier molecular flexibility index (Phi) is 6.15. The maximum Gasteiger partial charge on any atom is 0.322 e. The largest absolute Gasteiger partial charge is 0.480 e. The number of isocyanates is 1. The Hall–Kier alpha value is -2.21. The van der Waals surface area contributed by atoms with Crippen molar-refractivity contribution in [3.05, 3.63) is 0 Å². The third-order valence-corrected chi connectivity index (χ3v) is 1.59. The van der Waals surface area contributed by atoms with E-state index in [1.807, 2.05) is 5.32 Å². The van der Waals surface area contributed by atoms with E-state index >= 15 is 0 Å². The van der Waals surface area contributed by atoms with Gasteiger partial charge in [0.1, 0.15) is 12.6 Å². The van der Waals surface area contributed by atoms with Crippen LogP contribution >= 0.6 is 0 Å². The molecule has 0 unspecified atom stereocenters. The van der Waals surface area contributed by atoms with E-state index in [9.17, 15) is 19.2 Å². The fourth-order valence-electron chi connectivity index (χ4n) is 0.877. The fraction of sp³-hybridized carbons (Fsp3) is 0.500. The summed E-state index contributed by atoms with van der Waals surface area (Å²) in [6.45, 7) is -0.583. The van der Waals surface area contributed by atoms with Crippen LogP contribution in [0.25, 0.3) is 0 Å². The molecule has 2 amide bonds. The van der Waals surface area contributed by atoms with E-state index in [0.29, 0.717) is 0 Å². The Labute approximate surface area is 90.5 Å². The molecular formula is C8H11N3O5. The van der Waals surface area contributed by atoms with Gasteiger partial charge in [0.05, 0.1) is 0 Å². The predicted molar refractivity (Wildman–Crippen MR) is 51.0 cm³/mol. The number of amides is 2. The van der Waals surface area contributed by atoms with E-state index < -0.39 is 30.4 Å². The second-order valence-corrected chi connectivity index (χ2v) is 2.85. The Morgan fingerprint density at radius 3 is 2.50 bits per heavy atom. The summed E-state index contributed by atoms with van der Waals surface area (Å²) in [5, 5.41) is 10.3. The SMILES string of the molecule is NC(=O)CC[C@H](N=C=O)C(=O)NCC(=O)O. The first-order chi connectivity index (χ1) is 7.47. The van der Waals surface area contributed by atoms with Gasteiger partial charge in [0, 0.05) is 6.42 Å². The Morgan fingerprint density at radius 1 is 1.44 bits per heavy atom. The molecule has 0 aliphatic rings. The van der Waals surface area contributed by atoms with Gasteiger partial charge < -0.3 is 16.2 Å². The zero-order valence-corrected chi connectivity index (χ0v) is 8.30. The highest BCUT2D eigenvalue weighted by Crippen LogP contribution is 2.01. The van der Waals surface area contributed by atoms with Crippen molar-refractivity contribution in [2.24, 2.45) is 10.7 Å². The lowest BCUT2D eigenvalue weighted by Crippen LogP contribution is -2.37. The number of carboxylic acids is 1. The molecule has 16 heavy (non-hydrogen) atoms. The number of hydrogen-bond donors (Lipinski definition) is 3. The van der Waals surface area contributed by atoms with Gasteiger partial charge in [-0.15, -0.1) is 0 Å². The van der Waals surface area contributed by atoms with Crippen molar-refractivity contribution in [1.82, 2.24) is 5.32 Å². The lowest BCUT2D eigenvalue weighted by Gasteiger charge is -2.08. The summed E-state index contributed by atoms with van der Waals surface area (Å²) in [6.07, 6.45) is 0.987. The molecule has 0 aromatic carbocycles. The van der Waals surface area contributed by atoms with Gasteiger partial charge in [-0.05, 0) is 6.42 Å². The molecule has 0 aromatic rings.